The number of pyridine rings is 1. The van der Waals surface area contributed by atoms with Gasteiger partial charge in [0.25, 0.3) is 0 Å². The van der Waals surface area contributed by atoms with E-state index in [0.29, 0.717) is 12.6 Å². The number of nitrogens with zero attached hydrogens (tertiary/aromatic N) is 3. The predicted molar refractivity (Wildman–Crippen MR) is 92.8 cm³/mol. The van der Waals surface area contributed by atoms with Gasteiger partial charge in [-0.3, -0.25) is 9.88 Å². The number of ether oxygens (including phenoxy) is 2. The third-order valence-corrected chi connectivity index (χ3v) is 5.74. The van der Waals surface area contributed by atoms with Crippen LogP contribution in [0.3, 0.4) is 0 Å². The van der Waals surface area contributed by atoms with Gasteiger partial charge in [0.05, 0.1) is 25.4 Å². The first kappa shape index (κ1) is 16.5. The lowest BCUT2D eigenvalue weighted by molar-refractivity contribution is -0.0612. The summed E-state index contributed by atoms with van der Waals surface area (Å²) in [4.78, 5) is 9.41. The molecule has 5 heteroatoms. The number of rotatable bonds is 6. The van der Waals surface area contributed by atoms with Crippen LogP contribution in [0.15, 0.2) is 24.5 Å². The number of aromatic nitrogens is 1. The van der Waals surface area contributed by atoms with E-state index in [-0.39, 0.29) is 12.2 Å². The van der Waals surface area contributed by atoms with Crippen LogP contribution in [0.1, 0.15) is 31.2 Å². The molecule has 3 aliphatic rings. The van der Waals surface area contributed by atoms with E-state index < -0.39 is 0 Å². The lowest BCUT2D eigenvalue weighted by atomic mass is 10.1. The topological polar surface area (TPSA) is 37.8 Å². The van der Waals surface area contributed by atoms with E-state index in [4.69, 9.17) is 9.47 Å². The highest BCUT2D eigenvalue weighted by molar-refractivity contribution is 5.07. The number of hydrogen-bond acceptors (Lipinski definition) is 5. The molecule has 0 amide bonds. The molecule has 0 radical (unpaired) electrons. The second-order valence-corrected chi connectivity index (χ2v) is 7.28. The van der Waals surface area contributed by atoms with Gasteiger partial charge in [-0.1, -0.05) is 6.07 Å². The summed E-state index contributed by atoms with van der Waals surface area (Å²) in [6, 6.07) is 4.56. The molecule has 2 saturated heterocycles. The van der Waals surface area contributed by atoms with Crippen molar-refractivity contribution in [3.8, 4) is 0 Å². The van der Waals surface area contributed by atoms with Gasteiger partial charge in [0.1, 0.15) is 0 Å². The van der Waals surface area contributed by atoms with Gasteiger partial charge in [-0.05, 0) is 50.4 Å². The molecule has 1 aromatic heterocycles. The van der Waals surface area contributed by atoms with Crippen molar-refractivity contribution in [1.29, 1.82) is 0 Å². The van der Waals surface area contributed by atoms with Crippen LogP contribution in [0.4, 0.5) is 0 Å². The molecule has 0 unspecified atom stereocenters. The molecule has 2 aliphatic heterocycles. The molecule has 0 N–H and O–H groups in total. The Morgan fingerprint density at radius 1 is 1.17 bits per heavy atom. The van der Waals surface area contributed by atoms with Crippen LogP contribution in [0.5, 0.6) is 0 Å². The molecular weight excluding hydrogens is 302 g/mol. The van der Waals surface area contributed by atoms with E-state index in [0.717, 1.165) is 31.7 Å². The zero-order valence-electron chi connectivity index (χ0n) is 14.5. The van der Waals surface area contributed by atoms with E-state index in [2.05, 4.69) is 20.9 Å². The lowest BCUT2D eigenvalue weighted by Crippen LogP contribution is -2.46. The van der Waals surface area contributed by atoms with E-state index in [9.17, 15) is 0 Å². The first-order valence-corrected chi connectivity index (χ1v) is 9.49. The van der Waals surface area contributed by atoms with Gasteiger partial charge >= 0.3 is 0 Å². The highest BCUT2D eigenvalue weighted by Gasteiger charge is 2.42. The highest BCUT2D eigenvalue weighted by atomic mass is 16.5. The van der Waals surface area contributed by atoms with Gasteiger partial charge in [0, 0.05) is 38.1 Å². The van der Waals surface area contributed by atoms with Crippen LogP contribution in [-0.2, 0) is 16.1 Å². The summed E-state index contributed by atoms with van der Waals surface area (Å²) in [5.41, 5.74) is 1.14. The molecule has 3 fully saturated rings. The smallest absolute Gasteiger partial charge is 0.0995 e. The van der Waals surface area contributed by atoms with Crippen LogP contribution >= 0.6 is 0 Å². The van der Waals surface area contributed by atoms with Gasteiger partial charge in [-0.15, -0.1) is 0 Å². The molecule has 0 aromatic carbocycles. The maximum atomic E-state index is 6.32. The first-order chi connectivity index (χ1) is 11.9. The van der Waals surface area contributed by atoms with Crippen LogP contribution < -0.4 is 0 Å². The summed E-state index contributed by atoms with van der Waals surface area (Å²) in [6.45, 7) is 7.41. The quantitative estimate of drug-likeness (QED) is 0.796. The normalized spacial score (nSPS) is 31.4. The average molecular weight is 331 g/mol. The van der Waals surface area contributed by atoms with Gasteiger partial charge in [-0.25, -0.2) is 0 Å². The largest absolute Gasteiger partial charge is 0.374 e. The molecule has 0 spiro atoms. The number of hydrogen-bond donors (Lipinski definition) is 0. The lowest BCUT2D eigenvalue weighted by Gasteiger charge is -2.32. The zero-order chi connectivity index (χ0) is 16.2. The van der Waals surface area contributed by atoms with Crippen molar-refractivity contribution in [2.45, 2.75) is 50.5 Å². The average Bonchev–Trinajstić information content (AvgIpc) is 3.22. The van der Waals surface area contributed by atoms with Crippen molar-refractivity contribution in [2.24, 2.45) is 0 Å². The van der Waals surface area contributed by atoms with Crippen molar-refractivity contribution in [3.63, 3.8) is 0 Å². The molecule has 132 valence electrons. The molecule has 24 heavy (non-hydrogen) atoms. The van der Waals surface area contributed by atoms with Crippen molar-refractivity contribution in [3.05, 3.63) is 30.1 Å². The summed E-state index contributed by atoms with van der Waals surface area (Å²) in [7, 11) is 0. The third-order valence-electron chi connectivity index (χ3n) is 5.74. The Balaban J connectivity index is 1.35. The monoisotopic (exact) mass is 331 g/mol. The Morgan fingerprint density at radius 2 is 2.08 bits per heavy atom. The second kappa shape index (κ2) is 7.91. The zero-order valence-corrected chi connectivity index (χ0v) is 14.5. The van der Waals surface area contributed by atoms with Crippen molar-refractivity contribution < 1.29 is 9.47 Å². The van der Waals surface area contributed by atoms with Gasteiger partial charge < -0.3 is 14.4 Å². The summed E-state index contributed by atoms with van der Waals surface area (Å²) < 4.78 is 12.4. The van der Waals surface area contributed by atoms with Crippen LogP contribution in [-0.4, -0.2) is 72.4 Å². The molecular formula is C19H29N3O2. The van der Waals surface area contributed by atoms with Gasteiger partial charge in [-0.2, -0.15) is 0 Å². The minimum absolute atomic E-state index is 0.200. The fraction of sp³-hybridized carbons (Fsp3) is 0.737. The summed E-state index contributed by atoms with van der Waals surface area (Å²) in [5, 5.41) is 0. The fourth-order valence-electron chi connectivity index (χ4n) is 4.42. The molecule has 3 atom stereocenters. The van der Waals surface area contributed by atoms with Crippen molar-refractivity contribution in [2.75, 3.05) is 39.3 Å². The minimum Gasteiger partial charge on any atom is -0.374 e. The highest BCUT2D eigenvalue weighted by Crippen LogP contribution is 2.32. The van der Waals surface area contributed by atoms with E-state index in [1.54, 1.807) is 0 Å². The Labute approximate surface area is 144 Å². The van der Waals surface area contributed by atoms with Crippen LogP contribution in [0.25, 0.3) is 0 Å². The third kappa shape index (κ3) is 3.80. The first-order valence-electron chi connectivity index (χ1n) is 9.49. The van der Waals surface area contributed by atoms with Crippen LogP contribution in [0.2, 0.25) is 0 Å². The Kier molecular flexibility index (Phi) is 5.43. The van der Waals surface area contributed by atoms with Gasteiger partial charge in [0.15, 0.2) is 0 Å². The van der Waals surface area contributed by atoms with Crippen LogP contribution in [0, 0.1) is 0 Å². The standard InChI is InChI=1S/C19H29N3O2/c1-2-9-21(8-1)10-11-22-12-13-23-18-6-5-17(22)19(18)24-15-16-4-3-7-20-14-16/h3-4,7,14,17-19H,1-2,5-6,8-13,15H2/t17-,18-,19-/m1/s1. The Hall–Kier alpha value is -1.01. The summed E-state index contributed by atoms with van der Waals surface area (Å²) >= 11 is 0. The molecule has 5 nitrogen and oxygen atoms in total. The maximum absolute atomic E-state index is 6.32. The summed E-state index contributed by atoms with van der Waals surface area (Å²) in [5.74, 6) is 0. The predicted octanol–water partition coefficient (Wildman–Crippen LogP) is 1.93. The maximum Gasteiger partial charge on any atom is 0.0995 e. The van der Waals surface area contributed by atoms with E-state index in [1.165, 1.54) is 38.9 Å². The fourth-order valence-corrected chi connectivity index (χ4v) is 4.42. The number of fused-ring (bicyclic) bond motifs is 2. The SMILES string of the molecule is c1cncc(CO[C@@H]2[C@H]3CC[C@H]2OCCN3CCN2CCCC2)c1. The summed E-state index contributed by atoms with van der Waals surface area (Å²) in [6.07, 6.45) is 9.23. The molecule has 1 saturated carbocycles. The molecule has 2 bridgehead atoms. The molecule has 3 heterocycles. The van der Waals surface area contributed by atoms with E-state index >= 15 is 0 Å². The Morgan fingerprint density at radius 3 is 2.92 bits per heavy atom. The molecule has 1 aliphatic carbocycles. The van der Waals surface area contributed by atoms with Crippen molar-refractivity contribution >= 4 is 0 Å². The van der Waals surface area contributed by atoms with Gasteiger partial charge in [0.2, 0.25) is 0 Å². The number of likely N-dealkylation sites (tertiary alicyclic amines) is 1. The van der Waals surface area contributed by atoms with E-state index in [1.807, 2.05) is 18.5 Å². The molecule has 4 rings (SSSR count). The minimum atomic E-state index is 0.200. The van der Waals surface area contributed by atoms with Crippen molar-refractivity contribution in [1.82, 2.24) is 14.8 Å². The second-order valence-electron chi connectivity index (χ2n) is 7.28. The molecule has 1 aromatic rings. The Bertz CT molecular complexity index is 507.